The van der Waals surface area contributed by atoms with Crippen LogP contribution in [-0.4, -0.2) is 39.8 Å². The smallest absolute Gasteiger partial charge is 0.338 e. The monoisotopic (exact) mass is 464 g/mol. The van der Waals surface area contributed by atoms with Crippen molar-refractivity contribution in [2.75, 3.05) is 17.7 Å². The Morgan fingerprint density at radius 2 is 1.68 bits per heavy atom. The number of amides is 2. The Morgan fingerprint density at radius 3 is 2.21 bits per heavy atom. The number of methoxy groups -OCH3 is 1. The molecule has 1 aromatic heterocycles. The lowest BCUT2D eigenvalue weighted by atomic mass is 9.86. The highest BCUT2D eigenvalue weighted by Crippen LogP contribution is 2.39. The molecule has 0 aliphatic rings. The van der Waals surface area contributed by atoms with E-state index in [0.29, 0.717) is 28.4 Å². The Balaban J connectivity index is 2.02. The number of carboxylic acids is 1. The standard InChI is InChI=1S/C25H28N4O5/c1-14-7-8-16(9-21(14)29-13-17(12-26-29)24(32)33)23(31)28-20-11-18(25(3,4)5)10-19(22(20)34-6)27-15(2)30/h7-13H,1-6H3,(H,27,30)(H,28,31)(H,32,33). The van der Waals surface area contributed by atoms with Crippen molar-refractivity contribution < 1.29 is 24.2 Å². The zero-order chi connectivity index (χ0) is 25.2. The minimum absolute atomic E-state index is 0.0449. The number of hydrogen-bond donors (Lipinski definition) is 3. The summed E-state index contributed by atoms with van der Waals surface area (Å²) in [6, 6.07) is 8.72. The van der Waals surface area contributed by atoms with Gasteiger partial charge in [-0.25, -0.2) is 9.48 Å². The maximum absolute atomic E-state index is 13.2. The second kappa shape index (κ2) is 9.38. The summed E-state index contributed by atoms with van der Waals surface area (Å²) in [4.78, 5) is 36.2. The molecule has 2 aromatic carbocycles. The first-order valence-electron chi connectivity index (χ1n) is 10.6. The van der Waals surface area contributed by atoms with Gasteiger partial charge < -0.3 is 20.5 Å². The second-order valence-corrected chi connectivity index (χ2v) is 8.97. The number of aryl methyl sites for hydroxylation is 1. The van der Waals surface area contributed by atoms with Gasteiger partial charge in [-0.15, -0.1) is 0 Å². The van der Waals surface area contributed by atoms with Crippen LogP contribution in [0.1, 0.15) is 59.5 Å². The minimum Gasteiger partial charge on any atom is -0.492 e. The van der Waals surface area contributed by atoms with Crippen LogP contribution < -0.4 is 15.4 Å². The molecule has 3 rings (SSSR count). The van der Waals surface area contributed by atoms with Crippen LogP contribution in [0.3, 0.4) is 0 Å². The van der Waals surface area contributed by atoms with Crippen molar-refractivity contribution in [2.45, 2.75) is 40.0 Å². The Hall–Kier alpha value is -4.14. The molecule has 0 radical (unpaired) electrons. The highest BCUT2D eigenvalue weighted by atomic mass is 16.5. The highest BCUT2D eigenvalue weighted by molar-refractivity contribution is 6.06. The minimum atomic E-state index is -1.08. The van der Waals surface area contributed by atoms with E-state index >= 15 is 0 Å². The predicted octanol–water partition coefficient (Wildman–Crippen LogP) is 4.40. The van der Waals surface area contributed by atoms with Gasteiger partial charge in [-0.2, -0.15) is 5.10 Å². The number of nitrogens with one attached hydrogen (secondary N) is 2. The molecule has 0 bridgehead atoms. The summed E-state index contributed by atoms with van der Waals surface area (Å²) in [5.74, 6) is -1.41. The molecule has 9 nitrogen and oxygen atoms in total. The van der Waals surface area contributed by atoms with Crippen molar-refractivity contribution in [3.63, 3.8) is 0 Å². The molecule has 0 atom stereocenters. The molecular formula is C25H28N4O5. The molecule has 0 aliphatic heterocycles. The average Bonchev–Trinajstić information content (AvgIpc) is 3.23. The number of anilines is 2. The molecular weight excluding hydrogens is 436 g/mol. The van der Waals surface area contributed by atoms with Gasteiger partial charge >= 0.3 is 5.97 Å². The van der Waals surface area contributed by atoms with Gasteiger partial charge in [-0.05, 0) is 47.7 Å². The number of aromatic nitrogens is 2. The molecule has 1 heterocycles. The van der Waals surface area contributed by atoms with Gasteiger partial charge in [0.25, 0.3) is 5.91 Å². The molecule has 3 aromatic rings. The summed E-state index contributed by atoms with van der Waals surface area (Å²) in [6.07, 6.45) is 2.64. The molecule has 0 unspecified atom stereocenters. The number of benzene rings is 2. The number of carbonyl (C=O) groups excluding carboxylic acids is 2. The van der Waals surface area contributed by atoms with Gasteiger partial charge in [0.05, 0.1) is 35.9 Å². The zero-order valence-electron chi connectivity index (χ0n) is 20.0. The Kier molecular flexibility index (Phi) is 6.76. The van der Waals surface area contributed by atoms with Crippen molar-refractivity contribution in [3.8, 4) is 11.4 Å². The Bertz CT molecular complexity index is 1270. The van der Waals surface area contributed by atoms with Crippen LogP contribution in [0.4, 0.5) is 11.4 Å². The fourth-order valence-electron chi connectivity index (χ4n) is 3.41. The maximum atomic E-state index is 13.2. The molecule has 0 spiro atoms. The van der Waals surface area contributed by atoms with Crippen molar-refractivity contribution in [2.24, 2.45) is 0 Å². The largest absolute Gasteiger partial charge is 0.492 e. The Labute approximate surface area is 197 Å². The first kappa shape index (κ1) is 24.5. The molecule has 2 amide bonds. The number of carboxylic acid groups (broad SMARTS) is 1. The Morgan fingerprint density at radius 1 is 1.03 bits per heavy atom. The van der Waals surface area contributed by atoms with Gasteiger partial charge in [-0.1, -0.05) is 26.8 Å². The first-order chi connectivity index (χ1) is 15.9. The van der Waals surface area contributed by atoms with Crippen LogP contribution in [0.2, 0.25) is 0 Å². The summed E-state index contributed by atoms with van der Waals surface area (Å²) in [5, 5.41) is 18.9. The van der Waals surface area contributed by atoms with E-state index in [1.165, 1.54) is 31.1 Å². The quantitative estimate of drug-likeness (QED) is 0.497. The summed E-state index contributed by atoms with van der Waals surface area (Å²) < 4.78 is 6.94. The van der Waals surface area contributed by atoms with Crippen LogP contribution in [0.5, 0.6) is 5.75 Å². The third-order valence-electron chi connectivity index (χ3n) is 5.27. The summed E-state index contributed by atoms with van der Waals surface area (Å²) in [7, 11) is 1.47. The lowest BCUT2D eigenvalue weighted by Gasteiger charge is -2.24. The fourth-order valence-corrected chi connectivity index (χ4v) is 3.41. The van der Waals surface area contributed by atoms with E-state index < -0.39 is 11.9 Å². The number of ether oxygens (including phenoxy) is 1. The van der Waals surface area contributed by atoms with E-state index in [-0.39, 0.29) is 16.9 Å². The van der Waals surface area contributed by atoms with Gasteiger partial charge in [0.2, 0.25) is 5.91 Å². The number of hydrogen-bond acceptors (Lipinski definition) is 5. The second-order valence-electron chi connectivity index (χ2n) is 8.97. The number of nitrogens with zero attached hydrogens (tertiary/aromatic N) is 2. The van der Waals surface area contributed by atoms with Crippen molar-refractivity contribution in [1.29, 1.82) is 0 Å². The average molecular weight is 465 g/mol. The van der Waals surface area contributed by atoms with E-state index in [0.717, 1.165) is 11.1 Å². The predicted molar refractivity (Wildman–Crippen MR) is 129 cm³/mol. The third-order valence-corrected chi connectivity index (χ3v) is 5.27. The van der Waals surface area contributed by atoms with Gasteiger partial charge in [0.15, 0.2) is 5.75 Å². The van der Waals surface area contributed by atoms with Crippen molar-refractivity contribution in [1.82, 2.24) is 9.78 Å². The summed E-state index contributed by atoms with van der Waals surface area (Å²) in [5.41, 5.74) is 3.30. The van der Waals surface area contributed by atoms with Gasteiger partial charge in [0.1, 0.15) is 0 Å². The van der Waals surface area contributed by atoms with Crippen LogP contribution in [0, 0.1) is 6.92 Å². The molecule has 0 aliphatic carbocycles. The highest BCUT2D eigenvalue weighted by Gasteiger charge is 2.22. The summed E-state index contributed by atoms with van der Waals surface area (Å²) in [6.45, 7) is 9.33. The molecule has 0 saturated carbocycles. The molecule has 0 saturated heterocycles. The maximum Gasteiger partial charge on any atom is 0.338 e. The zero-order valence-corrected chi connectivity index (χ0v) is 20.0. The third kappa shape index (κ3) is 5.25. The van der Waals surface area contributed by atoms with E-state index in [2.05, 4.69) is 15.7 Å². The van der Waals surface area contributed by atoms with Crippen LogP contribution in [0.25, 0.3) is 5.69 Å². The van der Waals surface area contributed by atoms with Gasteiger partial charge in [-0.3, -0.25) is 9.59 Å². The fraction of sp³-hybridized carbons (Fsp3) is 0.280. The molecule has 178 valence electrons. The van der Waals surface area contributed by atoms with E-state index in [1.807, 2.05) is 39.8 Å². The molecule has 0 fully saturated rings. The first-order valence-corrected chi connectivity index (χ1v) is 10.6. The van der Waals surface area contributed by atoms with Crippen LogP contribution in [-0.2, 0) is 10.2 Å². The van der Waals surface area contributed by atoms with Crippen molar-refractivity contribution in [3.05, 3.63) is 65.0 Å². The molecule has 34 heavy (non-hydrogen) atoms. The van der Waals surface area contributed by atoms with Crippen LogP contribution >= 0.6 is 0 Å². The lowest BCUT2D eigenvalue weighted by Crippen LogP contribution is -2.18. The molecule has 9 heteroatoms. The number of carbonyl (C=O) groups is 3. The van der Waals surface area contributed by atoms with E-state index in [4.69, 9.17) is 4.74 Å². The SMILES string of the molecule is COc1c(NC(C)=O)cc(C(C)(C)C)cc1NC(=O)c1ccc(C)c(-n2cc(C(=O)O)cn2)c1. The number of aromatic carboxylic acids is 1. The van der Waals surface area contributed by atoms with Crippen LogP contribution in [0.15, 0.2) is 42.7 Å². The van der Waals surface area contributed by atoms with Crippen molar-refractivity contribution >= 4 is 29.2 Å². The lowest BCUT2D eigenvalue weighted by molar-refractivity contribution is -0.114. The molecule has 3 N–H and O–H groups in total. The summed E-state index contributed by atoms with van der Waals surface area (Å²) >= 11 is 0. The normalized spacial score (nSPS) is 11.1. The van der Waals surface area contributed by atoms with Gasteiger partial charge in [0, 0.05) is 18.7 Å². The van der Waals surface area contributed by atoms with E-state index in [1.54, 1.807) is 18.2 Å². The topological polar surface area (TPSA) is 123 Å². The van der Waals surface area contributed by atoms with E-state index in [9.17, 15) is 19.5 Å². The number of rotatable bonds is 6.